The van der Waals surface area contributed by atoms with Crippen molar-refractivity contribution in [1.82, 2.24) is 0 Å². The molecule has 0 aliphatic heterocycles. The Morgan fingerprint density at radius 1 is 0.610 bits per heavy atom. The molecule has 0 unspecified atom stereocenters. The number of nitro groups is 1. The van der Waals surface area contributed by atoms with Gasteiger partial charge in [-0.25, -0.2) is 0 Å². The number of hydrogen-bond acceptors (Lipinski definition) is 2. The third kappa shape index (κ3) is 15.4. The lowest BCUT2D eigenvalue weighted by molar-refractivity contribution is -0.904. The zero-order valence-corrected chi connectivity index (χ0v) is 28.3. The minimum absolute atomic E-state index is 0. The Labute approximate surface area is 263 Å². The molecule has 0 spiro atoms. The van der Waals surface area contributed by atoms with Crippen molar-refractivity contribution in [2.45, 2.75) is 104 Å². The van der Waals surface area contributed by atoms with E-state index < -0.39 is 0 Å². The first-order valence-electron chi connectivity index (χ1n) is 15.6. The first-order valence-corrected chi connectivity index (χ1v) is 15.6. The molecular formula is C34H57Cl2N3O2. The van der Waals surface area contributed by atoms with Gasteiger partial charge in [0.2, 0.25) is 0 Å². The number of nitro benzene ring substituents is 1. The van der Waals surface area contributed by atoms with Crippen LogP contribution in [0.25, 0.3) is 11.1 Å². The lowest BCUT2D eigenvalue weighted by atomic mass is 10.00. The lowest BCUT2D eigenvalue weighted by Gasteiger charge is -2.30. The second-order valence-corrected chi connectivity index (χ2v) is 13.0. The van der Waals surface area contributed by atoms with Crippen LogP contribution in [0, 0.1) is 10.1 Å². The lowest BCUT2D eigenvalue weighted by Crippen LogP contribution is -3.00. The van der Waals surface area contributed by atoms with Crippen molar-refractivity contribution in [3.8, 4) is 11.1 Å². The molecule has 2 aromatic rings. The predicted molar refractivity (Wildman–Crippen MR) is 167 cm³/mol. The summed E-state index contributed by atoms with van der Waals surface area (Å²) in [6.07, 6.45) is 15.6. The number of rotatable bonds is 20. The van der Waals surface area contributed by atoms with E-state index >= 15 is 0 Å². The number of hydrogen-bond donors (Lipinski definition) is 0. The first-order chi connectivity index (χ1) is 18.6. The van der Waals surface area contributed by atoms with Crippen molar-refractivity contribution in [2.75, 3.05) is 41.3 Å². The normalized spacial score (nSPS) is 11.6. The van der Waals surface area contributed by atoms with Gasteiger partial charge >= 0.3 is 0 Å². The molecule has 5 nitrogen and oxygen atoms in total. The van der Waals surface area contributed by atoms with Crippen molar-refractivity contribution in [1.29, 1.82) is 0 Å². The summed E-state index contributed by atoms with van der Waals surface area (Å²) in [5.41, 5.74) is 4.33. The molecule has 0 heterocycles. The van der Waals surface area contributed by atoms with Gasteiger partial charge in [-0.15, -0.1) is 0 Å². The summed E-state index contributed by atoms with van der Waals surface area (Å²) in [7, 11) is 9.01. The SMILES string of the molecule is CCCCCCCC[N+](C)(C)Cc1ccc(-c2ccc(C[N+](C)(C)CCCCCCCC)c([N+](=O)[O-])c2)cc1.[Cl-].[Cl-]. The molecule has 41 heavy (non-hydrogen) atoms. The van der Waals surface area contributed by atoms with Crippen LogP contribution in [0.3, 0.4) is 0 Å². The third-order valence-corrected chi connectivity index (χ3v) is 8.01. The van der Waals surface area contributed by atoms with Crippen LogP contribution in [0.2, 0.25) is 0 Å². The molecule has 0 bridgehead atoms. The highest BCUT2D eigenvalue weighted by Crippen LogP contribution is 2.30. The summed E-state index contributed by atoms with van der Waals surface area (Å²) < 4.78 is 1.76. The van der Waals surface area contributed by atoms with Gasteiger partial charge in [0.25, 0.3) is 5.69 Å². The quantitative estimate of drug-likeness (QED) is 0.100. The first kappa shape index (κ1) is 39.3. The van der Waals surface area contributed by atoms with Gasteiger partial charge in [-0.05, 0) is 42.9 Å². The zero-order chi connectivity index (χ0) is 28.7. The van der Waals surface area contributed by atoms with Crippen LogP contribution in [0.5, 0.6) is 0 Å². The highest BCUT2D eigenvalue weighted by molar-refractivity contribution is 5.67. The molecule has 0 saturated heterocycles. The van der Waals surface area contributed by atoms with Crippen LogP contribution in [-0.2, 0) is 13.1 Å². The average molecular weight is 611 g/mol. The van der Waals surface area contributed by atoms with E-state index in [0.717, 1.165) is 38.7 Å². The molecule has 2 aromatic carbocycles. The Bertz CT molecular complexity index is 994. The van der Waals surface area contributed by atoms with E-state index in [-0.39, 0.29) is 35.4 Å². The molecule has 7 heteroatoms. The second-order valence-electron chi connectivity index (χ2n) is 13.0. The Morgan fingerprint density at radius 2 is 1.05 bits per heavy atom. The predicted octanol–water partition coefficient (Wildman–Crippen LogP) is 3.14. The van der Waals surface area contributed by atoms with Gasteiger partial charge in [0.15, 0.2) is 0 Å². The number of quaternary nitrogens is 2. The largest absolute Gasteiger partial charge is 1.00 e. The summed E-state index contributed by atoms with van der Waals surface area (Å²) in [4.78, 5) is 11.8. The summed E-state index contributed by atoms with van der Waals surface area (Å²) in [5, 5.41) is 12.0. The molecule has 0 amide bonds. The maximum atomic E-state index is 12.0. The van der Waals surface area contributed by atoms with Crippen molar-refractivity contribution < 1.29 is 38.7 Å². The van der Waals surface area contributed by atoms with Crippen LogP contribution in [0.4, 0.5) is 5.69 Å². The molecular weight excluding hydrogens is 553 g/mol. The molecule has 0 radical (unpaired) electrons. The maximum absolute atomic E-state index is 12.0. The van der Waals surface area contributed by atoms with Gasteiger partial charge in [-0.1, -0.05) is 95.5 Å². The highest BCUT2D eigenvalue weighted by atomic mass is 35.5. The summed E-state index contributed by atoms with van der Waals surface area (Å²) in [5.74, 6) is 0. The molecule has 0 atom stereocenters. The van der Waals surface area contributed by atoms with Crippen LogP contribution in [-0.4, -0.2) is 55.2 Å². The molecule has 0 aliphatic carbocycles. The Morgan fingerprint density at radius 3 is 1.54 bits per heavy atom. The molecule has 2 rings (SSSR count). The summed E-state index contributed by atoms with van der Waals surface area (Å²) >= 11 is 0. The van der Waals surface area contributed by atoms with Gasteiger partial charge in [-0.2, -0.15) is 0 Å². The van der Waals surface area contributed by atoms with Crippen LogP contribution in [0.15, 0.2) is 42.5 Å². The Balaban J connectivity index is 0.00000800. The Kier molecular flexibility index (Phi) is 19.5. The van der Waals surface area contributed by atoms with Gasteiger partial charge < -0.3 is 33.8 Å². The van der Waals surface area contributed by atoms with E-state index in [1.165, 1.54) is 89.2 Å². The molecule has 234 valence electrons. The van der Waals surface area contributed by atoms with E-state index in [1.807, 2.05) is 6.07 Å². The van der Waals surface area contributed by atoms with E-state index in [4.69, 9.17) is 0 Å². The molecule has 0 saturated carbocycles. The van der Waals surface area contributed by atoms with Crippen LogP contribution < -0.4 is 24.8 Å². The zero-order valence-electron chi connectivity index (χ0n) is 26.8. The number of halogens is 2. The minimum atomic E-state index is -0.208. The van der Waals surface area contributed by atoms with E-state index in [2.05, 4.69) is 72.4 Å². The van der Waals surface area contributed by atoms with Crippen LogP contribution >= 0.6 is 0 Å². The topological polar surface area (TPSA) is 43.1 Å². The maximum Gasteiger partial charge on any atom is 0.278 e. The average Bonchev–Trinajstić information content (AvgIpc) is 2.88. The standard InChI is InChI=1S/C34H57N3O2.2ClH/c1-7-9-11-13-15-17-25-36(3,4)28-30-19-21-31(22-20-30)32-23-24-33(34(27-32)35(38)39)29-37(5,6)26-18-16-14-12-10-8-2;;/h19-24,27H,7-18,25-26,28-29H2,1-6H3;2*1H/q+2;;/p-2. The molecule has 0 aliphatic rings. The smallest absolute Gasteiger partial charge is 0.278 e. The third-order valence-electron chi connectivity index (χ3n) is 8.01. The van der Waals surface area contributed by atoms with E-state index in [9.17, 15) is 10.1 Å². The van der Waals surface area contributed by atoms with Crippen LogP contribution in [0.1, 0.15) is 102 Å². The van der Waals surface area contributed by atoms with Crippen molar-refractivity contribution in [3.63, 3.8) is 0 Å². The second kappa shape index (κ2) is 20.3. The van der Waals surface area contributed by atoms with E-state index in [1.54, 1.807) is 6.07 Å². The van der Waals surface area contributed by atoms with Gasteiger partial charge in [0, 0.05) is 11.6 Å². The van der Waals surface area contributed by atoms with Crippen molar-refractivity contribution in [2.24, 2.45) is 0 Å². The van der Waals surface area contributed by atoms with Crippen molar-refractivity contribution >= 4 is 5.69 Å². The fourth-order valence-corrected chi connectivity index (χ4v) is 5.60. The fourth-order valence-electron chi connectivity index (χ4n) is 5.60. The molecule has 0 aromatic heterocycles. The highest BCUT2D eigenvalue weighted by Gasteiger charge is 2.23. The van der Waals surface area contributed by atoms with Gasteiger partial charge in [-0.3, -0.25) is 10.1 Å². The summed E-state index contributed by atoms with van der Waals surface area (Å²) in [6, 6.07) is 14.4. The number of unbranched alkanes of at least 4 members (excludes halogenated alkanes) is 10. The number of nitrogens with zero attached hydrogens (tertiary/aromatic N) is 3. The van der Waals surface area contributed by atoms with E-state index in [0.29, 0.717) is 6.54 Å². The summed E-state index contributed by atoms with van der Waals surface area (Å²) in [6.45, 7) is 8.41. The molecule has 0 fully saturated rings. The monoisotopic (exact) mass is 609 g/mol. The number of benzene rings is 2. The minimum Gasteiger partial charge on any atom is -1.00 e. The molecule has 0 N–H and O–H groups in total. The Hall–Kier alpha value is -1.66. The van der Waals surface area contributed by atoms with Gasteiger partial charge in [0.1, 0.15) is 13.1 Å². The van der Waals surface area contributed by atoms with Crippen molar-refractivity contribution in [3.05, 3.63) is 63.7 Å². The van der Waals surface area contributed by atoms with Gasteiger partial charge in [0.05, 0.1) is 51.8 Å². The fraction of sp³-hybridized carbons (Fsp3) is 0.647.